The van der Waals surface area contributed by atoms with E-state index in [-0.39, 0.29) is 6.61 Å². The van der Waals surface area contributed by atoms with Crippen molar-refractivity contribution < 1.29 is 14.6 Å². The molecule has 27 heavy (non-hydrogen) atoms. The highest BCUT2D eigenvalue weighted by molar-refractivity contribution is 5.93. The second kappa shape index (κ2) is 8.05. The summed E-state index contributed by atoms with van der Waals surface area (Å²) >= 11 is 0. The number of methoxy groups -OCH3 is 1. The van der Waals surface area contributed by atoms with Crippen LogP contribution in [-0.4, -0.2) is 41.6 Å². The van der Waals surface area contributed by atoms with E-state index in [0.717, 1.165) is 53.0 Å². The highest BCUT2D eigenvalue weighted by atomic mass is 16.5. The highest BCUT2D eigenvalue weighted by Gasteiger charge is 2.16. The van der Waals surface area contributed by atoms with Crippen molar-refractivity contribution >= 4 is 16.5 Å². The van der Waals surface area contributed by atoms with Crippen LogP contribution in [0.5, 0.6) is 0 Å². The Morgan fingerprint density at radius 1 is 1.26 bits per heavy atom. The molecular weight excluding hydrogens is 340 g/mol. The van der Waals surface area contributed by atoms with Crippen molar-refractivity contribution in [3.63, 3.8) is 0 Å². The zero-order valence-corrected chi connectivity index (χ0v) is 15.5. The Bertz CT molecular complexity index is 975. The molecule has 3 heterocycles. The van der Waals surface area contributed by atoms with Crippen LogP contribution in [-0.2, 0) is 22.6 Å². The van der Waals surface area contributed by atoms with Crippen LogP contribution in [0.25, 0.3) is 27.7 Å². The van der Waals surface area contributed by atoms with Gasteiger partial charge in [-0.15, -0.1) is 0 Å². The second-order valence-corrected chi connectivity index (χ2v) is 6.70. The minimum absolute atomic E-state index is 0.0235. The van der Waals surface area contributed by atoms with Gasteiger partial charge in [0, 0.05) is 30.8 Å². The van der Waals surface area contributed by atoms with Crippen molar-refractivity contribution in [1.29, 1.82) is 0 Å². The quantitative estimate of drug-likeness (QED) is 0.725. The van der Waals surface area contributed by atoms with Crippen LogP contribution >= 0.6 is 0 Å². The fraction of sp³-hybridized carbons (Fsp3) is 0.318. The van der Waals surface area contributed by atoms with E-state index < -0.39 is 0 Å². The minimum atomic E-state index is 0.0235. The Balaban J connectivity index is 1.89. The van der Waals surface area contributed by atoms with Crippen molar-refractivity contribution in [3.05, 3.63) is 59.9 Å². The Morgan fingerprint density at radius 3 is 2.96 bits per heavy atom. The van der Waals surface area contributed by atoms with Gasteiger partial charge in [0.05, 0.1) is 43.3 Å². The summed E-state index contributed by atoms with van der Waals surface area (Å²) < 4.78 is 13.0. The first-order valence-electron chi connectivity index (χ1n) is 9.26. The second-order valence-electron chi connectivity index (χ2n) is 6.70. The minimum Gasteiger partial charge on any atom is -0.392 e. The molecule has 1 aliphatic rings. The Labute approximate surface area is 158 Å². The third kappa shape index (κ3) is 3.67. The first-order chi connectivity index (χ1) is 13.3. The number of hydrogen-bond donors (Lipinski definition) is 1. The van der Waals surface area contributed by atoms with Gasteiger partial charge in [0.25, 0.3) is 0 Å². The maximum atomic E-state index is 9.49. The largest absolute Gasteiger partial charge is 0.392 e. The number of aliphatic hydroxyl groups is 1. The lowest BCUT2D eigenvalue weighted by Crippen LogP contribution is -2.07. The summed E-state index contributed by atoms with van der Waals surface area (Å²) in [4.78, 5) is 5.01. The van der Waals surface area contributed by atoms with Crippen LogP contribution in [0.1, 0.15) is 17.7 Å². The molecule has 2 aromatic heterocycles. The summed E-state index contributed by atoms with van der Waals surface area (Å²) in [5.41, 5.74) is 6.21. The molecule has 1 N–H and O–H groups in total. The van der Waals surface area contributed by atoms with Gasteiger partial charge in [0.1, 0.15) is 0 Å². The molecular formula is C22H24N2O3. The third-order valence-corrected chi connectivity index (χ3v) is 4.98. The smallest absolute Gasteiger partial charge is 0.0761 e. The first kappa shape index (κ1) is 17.9. The highest BCUT2D eigenvalue weighted by Crippen LogP contribution is 2.32. The number of pyridine rings is 1. The maximum Gasteiger partial charge on any atom is 0.0761 e. The summed E-state index contributed by atoms with van der Waals surface area (Å²) in [6.07, 6.45) is 5.10. The van der Waals surface area contributed by atoms with Crippen LogP contribution in [0, 0.1) is 0 Å². The van der Waals surface area contributed by atoms with E-state index in [4.69, 9.17) is 14.5 Å². The lowest BCUT2D eigenvalue weighted by molar-refractivity contribution is 0.161. The molecule has 0 fully saturated rings. The lowest BCUT2D eigenvalue weighted by atomic mass is 10.0. The van der Waals surface area contributed by atoms with Crippen LogP contribution < -0.4 is 0 Å². The molecule has 0 aliphatic carbocycles. The Hall–Kier alpha value is -2.47. The van der Waals surface area contributed by atoms with Gasteiger partial charge in [-0.25, -0.2) is 4.98 Å². The topological polar surface area (TPSA) is 56.5 Å². The lowest BCUT2D eigenvalue weighted by Gasteiger charge is -2.16. The van der Waals surface area contributed by atoms with E-state index in [1.165, 1.54) is 5.57 Å². The molecule has 0 saturated carbocycles. The zero-order chi connectivity index (χ0) is 18.6. The number of benzene rings is 1. The van der Waals surface area contributed by atoms with E-state index in [2.05, 4.69) is 29.0 Å². The number of ether oxygens (including phenoxy) is 2. The van der Waals surface area contributed by atoms with Crippen LogP contribution in [0.2, 0.25) is 0 Å². The summed E-state index contributed by atoms with van der Waals surface area (Å²) in [5.74, 6) is 0. The molecule has 140 valence electrons. The fourth-order valence-electron chi connectivity index (χ4n) is 3.54. The molecule has 5 heteroatoms. The molecule has 3 aromatic rings. The fourth-order valence-corrected chi connectivity index (χ4v) is 3.54. The molecule has 0 radical (unpaired) electrons. The number of fused-ring (bicyclic) bond motifs is 1. The molecule has 5 nitrogen and oxygen atoms in total. The molecule has 0 unspecified atom stereocenters. The van der Waals surface area contributed by atoms with E-state index >= 15 is 0 Å². The molecule has 0 spiro atoms. The monoisotopic (exact) mass is 364 g/mol. The summed E-state index contributed by atoms with van der Waals surface area (Å²) in [6, 6.07) is 12.2. The standard InChI is InChI=1S/C22H24N2O3/c1-26-12-9-24-8-5-19-21(24)14-20(18-4-2-3-16(13-18)15-25)23-22(19)17-6-10-27-11-7-17/h2-6,8,13-14,25H,7,9-12,15H2,1H3. The predicted molar refractivity (Wildman–Crippen MR) is 106 cm³/mol. The van der Waals surface area contributed by atoms with E-state index in [0.29, 0.717) is 13.2 Å². The average Bonchev–Trinajstić information content (AvgIpc) is 3.15. The van der Waals surface area contributed by atoms with Crippen molar-refractivity contribution in [1.82, 2.24) is 9.55 Å². The van der Waals surface area contributed by atoms with Gasteiger partial charge in [0.2, 0.25) is 0 Å². The van der Waals surface area contributed by atoms with Gasteiger partial charge >= 0.3 is 0 Å². The molecule has 1 aliphatic heterocycles. The molecule has 1 aromatic carbocycles. The molecule has 0 bridgehead atoms. The van der Waals surface area contributed by atoms with E-state index in [9.17, 15) is 5.11 Å². The molecule has 0 saturated heterocycles. The van der Waals surface area contributed by atoms with Gasteiger partial charge in [-0.3, -0.25) is 0 Å². The van der Waals surface area contributed by atoms with Gasteiger partial charge in [-0.05, 0) is 35.8 Å². The zero-order valence-electron chi connectivity index (χ0n) is 15.5. The van der Waals surface area contributed by atoms with Gasteiger partial charge in [-0.1, -0.05) is 24.3 Å². The molecule has 0 atom stereocenters. The predicted octanol–water partition coefficient (Wildman–Crippen LogP) is 3.65. The number of aromatic nitrogens is 2. The molecule has 0 amide bonds. The summed E-state index contributed by atoms with van der Waals surface area (Å²) in [6.45, 7) is 2.83. The number of nitrogens with zero attached hydrogens (tertiary/aromatic N) is 2. The van der Waals surface area contributed by atoms with E-state index in [1.807, 2.05) is 24.3 Å². The van der Waals surface area contributed by atoms with Crippen molar-refractivity contribution in [2.75, 3.05) is 26.9 Å². The Morgan fingerprint density at radius 2 is 2.19 bits per heavy atom. The van der Waals surface area contributed by atoms with Crippen molar-refractivity contribution in [2.24, 2.45) is 0 Å². The Kier molecular flexibility index (Phi) is 5.34. The third-order valence-electron chi connectivity index (χ3n) is 4.98. The number of hydrogen-bond acceptors (Lipinski definition) is 4. The van der Waals surface area contributed by atoms with Crippen LogP contribution in [0.4, 0.5) is 0 Å². The average molecular weight is 364 g/mol. The number of rotatable bonds is 6. The molecule has 4 rings (SSSR count). The van der Waals surface area contributed by atoms with Crippen molar-refractivity contribution in [3.8, 4) is 11.3 Å². The maximum absolute atomic E-state index is 9.49. The van der Waals surface area contributed by atoms with Gasteiger partial charge < -0.3 is 19.1 Å². The SMILES string of the molecule is COCCn1ccc2c(C3=CCOCC3)nc(-c3cccc(CO)c3)cc21. The van der Waals surface area contributed by atoms with Crippen LogP contribution in [0.3, 0.4) is 0 Å². The van der Waals surface area contributed by atoms with E-state index in [1.54, 1.807) is 7.11 Å². The van der Waals surface area contributed by atoms with Gasteiger partial charge in [-0.2, -0.15) is 0 Å². The first-order valence-corrected chi connectivity index (χ1v) is 9.26. The van der Waals surface area contributed by atoms with Gasteiger partial charge in [0.15, 0.2) is 0 Å². The normalized spacial score (nSPS) is 14.5. The summed E-state index contributed by atoms with van der Waals surface area (Å²) in [7, 11) is 1.72. The number of aliphatic hydroxyl groups excluding tert-OH is 1. The summed E-state index contributed by atoms with van der Waals surface area (Å²) in [5, 5.41) is 10.6. The van der Waals surface area contributed by atoms with Crippen molar-refractivity contribution in [2.45, 2.75) is 19.6 Å². The van der Waals surface area contributed by atoms with Crippen LogP contribution in [0.15, 0.2) is 48.7 Å².